The molecule has 1 aliphatic heterocycles. The van der Waals surface area contributed by atoms with Crippen molar-refractivity contribution >= 4 is 21.6 Å². The Hall–Kier alpha value is -1.44. The summed E-state index contributed by atoms with van der Waals surface area (Å²) in [6, 6.07) is 4.65. The summed E-state index contributed by atoms with van der Waals surface area (Å²) in [5, 5.41) is 7.84. The lowest BCUT2D eigenvalue weighted by Crippen LogP contribution is -2.25. The van der Waals surface area contributed by atoms with E-state index in [0.29, 0.717) is 17.9 Å². The van der Waals surface area contributed by atoms with E-state index in [9.17, 15) is 13.2 Å². The van der Waals surface area contributed by atoms with Crippen molar-refractivity contribution in [2.24, 2.45) is 5.14 Å². The van der Waals surface area contributed by atoms with Gasteiger partial charge in [-0.3, -0.25) is 4.79 Å². The van der Waals surface area contributed by atoms with Gasteiger partial charge in [0, 0.05) is 12.3 Å². The Kier molecular flexibility index (Phi) is 4.97. The third-order valence-electron chi connectivity index (χ3n) is 3.47. The number of carbonyl (C=O) groups excluding carboxylic acids is 1. The van der Waals surface area contributed by atoms with Crippen LogP contribution in [0.1, 0.15) is 31.2 Å². The Morgan fingerprint density at radius 2 is 2.19 bits per heavy atom. The number of anilines is 1. The Bertz CT molecular complexity index is 622. The molecule has 1 amide bonds. The summed E-state index contributed by atoms with van der Waals surface area (Å²) < 4.78 is 28.4. The number of nitrogens with one attached hydrogen (secondary N) is 1. The van der Waals surface area contributed by atoms with Gasteiger partial charge in [-0.15, -0.1) is 0 Å². The van der Waals surface area contributed by atoms with Crippen molar-refractivity contribution in [3.05, 3.63) is 23.8 Å². The number of hydrogen-bond donors (Lipinski definition) is 2. The van der Waals surface area contributed by atoms with Crippen molar-refractivity contribution < 1.29 is 17.9 Å². The molecule has 1 heterocycles. The van der Waals surface area contributed by atoms with E-state index < -0.39 is 10.0 Å². The van der Waals surface area contributed by atoms with Crippen LogP contribution in [0.25, 0.3) is 0 Å². The van der Waals surface area contributed by atoms with E-state index in [1.165, 1.54) is 6.07 Å². The minimum absolute atomic E-state index is 0.0224. The van der Waals surface area contributed by atoms with Crippen LogP contribution >= 0.6 is 0 Å². The molecule has 7 heteroatoms. The summed E-state index contributed by atoms with van der Waals surface area (Å²) in [6.07, 6.45) is 3.20. The first kappa shape index (κ1) is 15.9. The number of rotatable bonds is 4. The van der Waals surface area contributed by atoms with Crippen molar-refractivity contribution in [3.63, 3.8) is 0 Å². The van der Waals surface area contributed by atoms with Gasteiger partial charge < -0.3 is 10.1 Å². The monoisotopic (exact) mass is 312 g/mol. The number of nitrogens with two attached hydrogens (primary N) is 1. The average molecular weight is 312 g/mol. The van der Waals surface area contributed by atoms with E-state index in [1.807, 2.05) is 0 Å². The molecule has 1 unspecified atom stereocenters. The second-order valence-electron chi connectivity index (χ2n) is 5.27. The molecule has 1 fully saturated rings. The number of ether oxygens (including phenoxy) is 1. The second kappa shape index (κ2) is 6.55. The average Bonchev–Trinajstić information content (AvgIpc) is 2.41. The summed E-state index contributed by atoms with van der Waals surface area (Å²) in [6.45, 7) is 2.35. The molecule has 1 saturated heterocycles. The van der Waals surface area contributed by atoms with E-state index in [1.54, 1.807) is 19.1 Å². The van der Waals surface area contributed by atoms with Crippen LogP contribution in [0, 0.1) is 6.92 Å². The number of hydrogen-bond acceptors (Lipinski definition) is 4. The number of benzene rings is 1. The van der Waals surface area contributed by atoms with Gasteiger partial charge >= 0.3 is 0 Å². The Morgan fingerprint density at radius 3 is 2.81 bits per heavy atom. The van der Waals surface area contributed by atoms with Crippen LogP contribution in [0.15, 0.2) is 23.1 Å². The van der Waals surface area contributed by atoms with E-state index in [-0.39, 0.29) is 23.3 Å². The van der Waals surface area contributed by atoms with Gasteiger partial charge in [0.2, 0.25) is 15.9 Å². The number of carbonyl (C=O) groups is 1. The molecule has 0 aliphatic carbocycles. The van der Waals surface area contributed by atoms with Crippen molar-refractivity contribution in [2.75, 3.05) is 11.9 Å². The zero-order chi connectivity index (χ0) is 15.5. The van der Waals surface area contributed by atoms with E-state index >= 15 is 0 Å². The predicted octanol–water partition coefficient (Wildman–Crippen LogP) is 1.54. The van der Waals surface area contributed by atoms with E-state index in [0.717, 1.165) is 19.3 Å². The highest BCUT2D eigenvalue weighted by Gasteiger charge is 2.18. The number of amides is 1. The van der Waals surface area contributed by atoms with Crippen molar-refractivity contribution in [3.8, 4) is 0 Å². The molecule has 0 bridgehead atoms. The quantitative estimate of drug-likeness (QED) is 0.881. The Labute approximate surface area is 124 Å². The minimum atomic E-state index is -3.79. The predicted molar refractivity (Wildman–Crippen MR) is 79.4 cm³/mol. The maximum Gasteiger partial charge on any atom is 0.238 e. The van der Waals surface area contributed by atoms with Crippen LogP contribution in [0.2, 0.25) is 0 Å². The van der Waals surface area contributed by atoms with Gasteiger partial charge in [0.15, 0.2) is 0 Å². The molecule has 3 N–H and O–H groups in total. The Morgan fingerprint density at radius 1 is 1.43 bits per heavy atom. The molecular formula is C14H20N2O4S. The first-order valence-electron chi connectivity index (χ1n) is 6.91. The molecule has 1 aliphatic rings. The number of aryl methyl sites for hydroxylation is 1. The van der Waals surface area contributed by atoms with Crippen molar-refractivity contribution in [1.82, 2.24) is 0 Å². The normalized spacial score (nSPS) is 19.2. The van der Waals surface area contributed by atoms with Crippen LogP contribution < -0.4 is 10.5 Å². The molecule has 116 valence electrons. The topological polar surface area (TPSA) is 98.5 Å². The lowest BCUT2D eigenvalue weighted by molar-refractivity contribution is -0.119. The molecule has 6 nitrogen and oxygen atoms in total. The lowest BCUT2D eigenvalue weighted by atomic mass is 10.1. The molecule has 2 rings (SSSR count). The summed E-state index contributed by atoms with van der Waals surface area (Å²) in [7, 11) is -3.79. The van der Waals surface area contributed by atoms with E-state index in [4.69, 9.17) is 9.88 Å². The third-order valence-corrected chi connectivity index (χ3v) is 4.52. The van der Waals surface area contributed by atoms with Crippen molar-refractivity contribution in [2.45, 2.75) is 43.6 Å². The number of sulfonamides is 1. The van der Waals surface area contributed by atoms with Gasteiger partial charge in [-0.2, -0.15) is 0 Å². The number of primary sulfonamides is 1. The van der Waals surface area contributed by atoms with Crippen molar-refractivity contribution in [1.29, 1.82) is 0 Å². The Balaban J connectivity index is 2.04. The largest absolute Gasteiger partial charge is 0.378 e. The van der Waals surface area contributed by atoms with Crippen LogP contribution in [-0.2, 0) is 19.6 Å². The maximum atomic E-state index is 12.0. The molecular weight excluding hydrogens is 292 g/mol. The fourth-order valence-electron chi connectivity index (χ4n) is 2.37. The molecule has 1 atom stereocenters. The standard InChI is InChI=1S/C14H20N2O4S/c1-10-5-6-11(8-13(10)21(15,18)19)16-14(17)9-12-4-2-3-7-20-12/h5-6,8,12H,2-4,7,9H2,1H3,(H,16,17)(H2,15,18,19). The van der Waals surface area contributed by atoms with Gasteiger partial charge in [0.25, 0.3) is 0 Å². The highest BCUT2D eigenvalue weighted by atomic mass is 32.2. The third kappa shape index (κ3) is 4.52. The van der Waals surface area contributed by atoms with Gasteiger partial charge in [0.05, 0.1) is 17.4 Å². The molecule has 1 aromatic rings. The summed E-state index contributed by atoms with van der Waals surface area (Å²) in [5.41, 5.74) is 0.969. The van der Waals surface area contributed by atoms with Crippen LogP contribution in [0.3, 0.4) is 0 Å². The maximum absolute atomic E-state index is 12.0. The summed E-state index contributed by atoms with van der Waals surface area (Å²) >= 11 is 0. The summed E-state index contributed by atoms with van der Waals surface area (Å²) in [5.74, 6) is -0.189. The van der Waals surface area contributed by atoms with Crippen LogP contribution in [0.4, 0.5) is 5.69 Å². The minimum Gasteiger partial charge on any atom is -0.378 e. The van der Waals surface area contributed by atoms with Crippen LogP contribution in [0.5, 0.6) is 0 Å². The SMILES string of the molecule is Cc1ccc(NC(=O)CC2CCCCO2)cc1S(N)(=O)=O. The molecule has 0 spiro atoms. The molecule has 21 heavy (non-hydrogen) atoms. The zero-order valence-corrected chi connectivity index (χ0v) is 12.8. The fraction of sp³-hybridized carbons (Fsp3) is 0.500. The second-order valence-corrected chi connectivity index (χ2v) is 6.80. The van der Waals surface area contributed by atoms with Gasteiger partial charge in [-0.1, -0.05) is 6.07 Å². The van der Waals surface area contributed by atoms with Gasteiger partial charge in [-0.05, 0) is 43.9 Å². The smallest absolute Gasteiger partial charge is 0.238 e. The van der Waals surface area contributed by atoms with E-state index in [2.05, 4.69) is 5.32 Å². The van der Waals surface area contributed by atoms with Gasteiger partial charge in [-0.25, -0.2) is 13.6 Å². The first-order chi connectivity index (χ1) is 9.86. The molecule has 1 aromatic carbocycles. The highest BCUT2D eigenvalue weighted by Crippen LogP contribution is 2.20. The van der Waals surface area contributed by atoms with Crippen LogP contribution in [-0.4, -0.2) is 27.0 Å². The molecule has 0 saturated carbocycles. The fourth-order valence-corrected chi connectivity index (χ4v) is 3.18. The molecule has 0 aromatic heterocycles. The summed E-state index contributed by atoms with van der Waals surface area (Å²) in [4.78, 5) is 12.0. The highest BCUT2D eigenvalue weighted by molar-refractivity contribution is 7.89. The molecule has 0 radical (unpaired) electrons. The zero-order valence-electron chi connectivity index (χ0n) is 12.0. The lowest BCUT2D eigenvalue weighted by Gasteiger charge is -2.22. The van der Waals surface area contributed by atoms with Gasteiger partial charge in [0.1, 0.15) is 0 Å². The first-order valence-corrected chi connectivity index (χ1v) is 8.46.